The molecule has 0 unspecified atom stereocenters. The first-order valence-electron chi connectivity index (χ1n) is 8.80. The first-order valence-corrected chi connectivity index (χ1v) is 8.80. The standard InChI is InChI=1S/C20H21F2N3O4/c1-12(2)18(25-20(28)23-14-6-4-3-5-7-14)19(27)29-11-17(26)24-16-10-13(21)8-9-15(16)22/h3-10,12,18H,11H2,1-2H3,(H,24,26)(H2,23,25,28)/t18-/m0/s1. The van der Waals surface area contributed by atoms with E-state index in [1.165, 1.54) is 0 Å². The number of anilines is 2. The average molecular weight is 405 g/mol. The van der Waals surface area contributed by atoms with Crippen LogP contribution in [0.3, 0.4) is 0 Å². The third-order valence-corrected chi connectivity index (χ3v) is 3.79. The minimum absolute atomic E-state index is 0.326. The lowest BCUT2D eigenvalue weighted by molar-refractivity contribution is -0.150. The van der Waals surface area contributed by atoms with Crippen LogP contribution < -0.4 is 16.0 Å². The Morgan fingerprint density at radius 1 is 1.00 bits per heavy atom. The third-order valence-electron chi connectivity index (χ3n) is 3.79. The molecule has 0 saturated carbocycles. The van der Waals surface area contributed by atoms with Gasteiger partial charge in [0.15, 0.2) is 6.61 Å². The number of rotatable bonds is 7. The Hall–Kier alpha value is -3.49. The molecule has 2 aromatic rings. The highest BCUT2D eigenvalue weighted by Gasteiger charge is 2.26. The first kappa shape index (κ1) is 21.8. The summed E-state index contributed by atoms with van der Waals surface area (Å²) in [7, 11) is 0. The van der Waals surface area contributed by atoms with Crippen molar-refractivity contribution in [1.82, 2.24) is 5.32 Å². The number of carbonyl (C=O) groups is 3. The van der Waals surface area contributed by atoms with E-state index in [2.05, 4.69) is 16.0 Å². The fourth-order valence-corrected chi connectivity index (χ4v) is 2.33. The van der Waals surface area contributed by atoms with Gasteiger partial charge in [-0.15, -0.1) is 0 Å². The van der Waals surface area contributed by atoms with Gasteiger partial charge in [-0.05, 0) is 30.2 Å². The van der Waals surface area contributed by atoms with E-state index in [1.54, 1.807) is 44.2 Å². The molecule has 0 fully saturated rings. The summed E-state index contributed by atoms with van der Waals surface area (Å²) in [6.45, 7) is 2.66. The van der Waals surface area contributed by atoms with E-state index in [0.717, 1.165) is 18.2 Å². The van der Waals surface area contributed by atoms with Gasteiger partial charge in [-0.25, -0.2) is 18.4 Å². The Balaban J connectivity index is 1.89. The van der Waals surface area contributed by atoms with Crippen LogP contribution in [0.4, 0.5) is 25.0 Å². The molecule has 0 heterocycles. The van der Waals surface area contributed by atoms with E-state index >= 15 is 0 Å². The number of hydrogen-bond donors (Lipinski definition) is 3. The molecule has 0 aliphatic carbocycles. The second-order valence-electron chi connectivity index (χ2n) is 6.47. The zero-order valence-electron chi connectivity index (χ0n) is 15.9. The number of ether oxygens (including phenoxy) is 1. The zero-order valence-corrected chi connectivity index (χ0v) is 15.9. The Morgan fingerprint density at radius 2 is 1.69 bits per heavy atom. The minimum atomic E-state index is -1.02. The van der Waals surface area contributed by atoms with Crippen LogP contribution in [0.15, 0.2) is 48.5 Å². The molecule has 1 atom stereocenters. The van der Waals surface area contributed by atoms with Crippen LogP contribution in [-0.4, -0.2) is 30.6 Å². The molecule has 9 heteroatoms. The molecule has 2 aromatic carbocycles. The highest BCUT2D eigenvalue weighted by Crippen LogP contribution is 2.15. The summed E-state index contributed by atoms with van der Waals surface area (Å²) in [6.07, 6.45) is 0. The van der Waals surface area contributed by atoms with Crippen LogP contribution in [0.2, 0.25) is 0 Å². The fourth-order valence-electron chi connectivity index (χ4n) is 2.33. The molecular formula is C20H21F2N3O4. The second kappa shape index (κ2) is 10.2. The number of carbonyl (C=O) groups excluding carboxylic acids is 3. The van der Waals surface area contributed by atoms with Crippen molar-refractivity contribution in [1.29, 1.82) is 0 Å². The molecule has 3 N–H and O–H groups in total. The SMILES string of the molecule is CC(C)[C@H](NC(=O)Nc1ccccc1)C(=O)OCC(=O)Nc1cc(F)ccc1F. The third kappa shape index (κ3) is 6.87. The van der Waals surface area contributed by atoms with Gasteiger partial charge in [-0.1, -0.05) is 32.0 Å². The fraction of sp³-hybridized carbons (Fsp3) is 0.250. The molecule has 154 valence electrons. The van der Waals surface area contributed by atoms with E-state index < -0.39 is 42.2 Å². The highest BCUT2D eigenvalue weighted by atomic mass is 19.1. The van der Waals surface area contributed by atoms with Crippen LogP contribution in [0.25, 0.3) is 0 Å². The van der Waals surface area contributed by atoms with Crippen molar-refractivity contribution in [2.24, 2.45) is 5.92 Å². The molecule has 0 saturated heterocycles. The summed E-state index contributed by atoms with van der Waals surface area (Å²) in [4.78, 5) is 36.2. The van der Waals surface area contributed by atoms with Crippen molar-refractivity contribution in [3.8, 4) is 0 Å². The maximum absolute atomic E-state index is 13.5. The van der Waals surface area contributed by atoms with Gasteiger partial charge in [-0.2, -0.15) is 0 Å². The molecule has 0 aromatic heterocycles. The lowest BCUT2D eigenvalue weighted by Gasteiger charge is -2.21. The van der Waals surface area contributed by atoms with E-state index in [0.29, 0.717) is 5.69 Å². The van der Waals surface area contributed by atoms with Gasteiger partial charge in [0, 0.05) is 11.8 Å². The average Bonchev–Trinajstić information content (AvgIpc) is 2.67. The van der Waals surface area contributed by atoms with Gasteiger partial charge in [0.1, 0.15) is 17.7 Å². The summed E-state index contributed by atoms with van der Waals surface area (Å²) in [5, 5.41) is 7.18. The number of para-hydroxylation sites is 1. The lowest BCUT2D eigenvalue weighted by atomic mass is 10.1. The van der Waals surface area contributed by atoms with Crippen LogP contribution in [-0.2, 0) is 14.3 Å². The molecule has 29 heavy (non-hydrogen) atoms. The number of urea groups is 1. The van der Waals surface area contributed by atoms with E-state index in [4.69, 9.17) is 4.74 Å². The minimum Gasteiger partial charge on any atom is -0.454 e. The quantitative estimate of drug-likeness (QED) is 0.616. The van der Waals surface area contributed by atoms with Crippen molar-refractivity contribution in [2.75, 3.05) is 17.2 Å². The van der Waals surface area contributed by atoms with Crippen molar-refractivity contribution >= 4 is 29.3 Å². The van der Waals surface area contributed by atoms with Crippen molar-refractivity contribution in [3.63, 3.8) is 0 Å². The van der Waals surface area contributed by atoms with Gasteiger partial charge < -0.3 is 20.7 Å². The van der Waals surface area contributed by atoms with Gasteiger partial charge in [-0.3, -0.25) is 4.79 Å². The number of hydrogen-bond acceptors (Lipinski definition) is 4. The summed E-state index contributed by atoms with van der Waals surface area (Å²) in [6, 6.07) is 9.57. The normalized spacial score (nSPS) is 11.5. The number of benzene rings is 2. The Bertz CT molecular complexity index is 875. The van der Waals surface area contributed by atoms with Gasteiger partial charge >= 0.3 is 12.0 Å². The van der Waals surface area contributed by atoms with Crippen LogP contribution in [0.5, 0.6) is 0 Å². The van der Waals surface area contributed by atoms with Crippen LogP contribution in [0.1, 0.15) is 13.8 Å². The number of esters is 1. The summed E-state index contributed by atoms with van der Waals surface area (Å²) in [5.74, 6) is -3.57. The predicted molar refractivity (Wildman–Crippen MR) is 103 cm³/mol. The summed E-state index contributed by atoms with van der Waals surface area (Å²) >= 11 is 0. The van der Waals surface area contributed by atoms with Crippen molar-refractivity contribution in [2.45, 2.75) is 19.9 Å². The van der Waals surface area contributed by atoms with E-state index in [1.807, 2.05) is 0 Å². The summed E-state index contributed by atoms with van der Waals surface area (Å²) < 4.78 is 31.6. The Morgan fingerprint density at radius 3 is 2.34 bits per heavy atom. The summed E-state index contributed by atoms with van der Waals surface area (Å²) in [5.41, 5.74) is 0.171. The molecule has 0 spiro atoms. The zero-order chi connectivity index (χ0) is 21.4. The second-order valence-corrected chi connectivity index (χ2v) is 6.47. The maximum Gasteiger partial charge on any atom is 0.329 e. The lowest BCUT2D eigenvalue weighted by Crippen LogP contribution is -2.47. The van der Waals surface area contributed by atoms with E-state index in [-0.39, 0.29) is 11.6 Å². The van der Waals surface area contributed by atoms with Crippen LogP contribution in [0, 0.1) is 17.6 Å². The molecule has 0 radical (unpaired) electrons. The number of halogens is 2. The highest BCUT2D eigenvalue weighted by molar-refractivity contribution is 5.95. The van der Waals surface area contributed by atoms with Gasteiger partial charge in [0.2, 0.25) is 0 Å². The monoisotopic (exact) mass is 405 g/mol. The molecule has 2 rings (SSSR count). The van der Waals surface area contributed by atoms with Crippen molar-refractivity contribution < 1.29 is 27.9 Å². The van der Waals surface area contributed by atoms with Gasteiger partial charge in [0.25, 0.3) is 5.91 Å². The number of amides is 3. The maximum atomic E-state index is 13.5. The molecule has 7 nitrogen and oxygen atoms in total. The molecular weight excluding hydrogens is 384 g/mol. The molecule has 0 aliphatic rings. The smallest absolute Gasteiger partial charge is 0.329 e. The Labute approximate surface area is 166 Å². The van der Waals surface area contributed by atoms with Gasteiger partial charge in [0.05, 0.1) is 5.69 Å². The first-order chi connectivity index (χ1) is 13.8. The topological polar surface area (TPSA) is 96.5 Å². The molecule has 0 bridgehead atoms. The molecule has 3 amide bonds. The Kier molecular flexibility index (Phi) is 7.64. The predicted octanol–water partition coefficient (Wildman–Crippen LogP) is 3.29. The van der Waals surface area contributed by atoms with Crippen LogP contribution >= 0.6 is 0 Å². The molecule has 0 aliphatic heterocycles. The van der Waals surface area contributed by atoms with Crippen molar-refractivity contribution in [3.05, 3.63) is 60.2 Å². The number of nitrogens with one attached hydrogen (secondary N) is 3. The largest absolute Gasteiger partial charge is 0.454 e. The van der Waals surface area contributed by atoms with E-state index in [9.17, 15) is 23.2 Å².